The molecular formula is C12H6ClF2N3. The summed E-state index contributed by atoms with van der Waals surface area (Å²) in [5.41, 5.74) is 0.486. The monoisotopic (exact) mass is 265 g/mol. The molecule has 2 aromatic rings. The van der Waals surface area contributed by atoms with Crippen LogP contribution in [0, 0.1) is 23.0 Å². The highest BCUT2D eigenvalue weighted by Crippen LogP contribution is 2.30. The van der Waals surface area contributed by atoms with Gasteiger partial charge in [0.05, 0.1) is 28.2 Å². The van der Waals surface area contributed by atoms with Gasteiger partial charge in [-0.05, 0) is 12.1 Å². The molecule has 0 saturated heterocycles. The topological polar surface area (TPSA) is 48.7 Å². The number of nitriles is 1. The summed E-state index contributed by atoms with van der Waals surface area (Å²) in [5.74, 6) is -1.61. The number of nitrogens with zero attached hydrogens (tertiary/aromatic N) is 2. The van der Waals surface area contributed by atoms with Gasteiger partial charge in [-0.1, -0.05) is 11.6 Å². The Hall–Kier alpha value is -2.19. The van der Waals surface area contributed by atoms with Crippen molar-refractivity contribution in [1.82, 2.24) is 4.98 Å². The first-order chi connectivity index (χ1) is 8.61. The lowest BCUT2D eigenvalue weighted by Crippen LogP contribution is -1.98. The zero-order chi connectivity index (χ0) is 13.1. The average Bonchev–Trinajstić information content (AvgIpc) is 2.34. The number of pyridine rings is 1. The number of hydrogen-bond donors (Lipinski definition) is 1. The number of aromatic nitrogens is 1. The Kier molecular flexibility index (Phi) is 3.40. The van der Waals surface area contributed by atoms with Gasteiger partial charge in [-0.15, -0.1) is 0 Å². The van der Waals surface area contributed by atoms with Crippen LogP contribution in [-0.2, 0) is 0 Å². The zero-order valence-corrected chi connectivity index (χ0v) is 9.67. The molecule has 0 atom stereocenters. The van der Waals surface area contributed by atoms with Crippen LogP contribution in [0.15, 0.2) is 30.6 Å². The van der Waals surface area contributed by atoms with Gasteiger partial charge in [0.1, 0.15) is 11.9 Å². The van der Waals surface area contributed by atoms with Gasteiger partial charge in [0.2, 0.25) is 0 Å². The van der Waals surface area contributed by atoms with Crippen molar-refractivity contribution in [2.45, 2.75) is 0 Å². The highest BCUT2D eigenvalue weighted by Gasteiger charge is 2.12. The Morgan fingerprint density at radius 2 is 2.11 bits per heavy atom. The number of nitrogens with one attached hydrogen (secondary N) is 1. The van der Waals surface area contributed by atoms with Crippen molar-refractivity contribution in [2.24, 2.45) is 0 Å². The van der Waals surface area contributed by atoms with E-state index in [0.717, 1.165) is 6.07 Å². The molecule has 0 fully saturated rings. The van der Waals surface area contributed by atoms with E-state index < -0.39 is 11.6 Å². The molecule has 1 aromatic carbocycles. The Morgan fingerprint density at radius 3 is 2.78 bits per heavy atom. The lowest BCUT2D eigenvalue weighted by molar-refractivity contribution is 0.586. The van der Waals surface area contributed by atoms with Crippen LogP contribution >= 0.6 is 11.6 Å². The summed E-state index contributed by atoms with van der Waals surface area (Å²) in [6.45, 7) is 0. The minimum Gasteiger partial charge on any atom is -0.350 e. The predicted octanol–water partition coefficient (Wildman–Crippen LogP) is 3.63. The summed E-state index contributed by atoms with van der Waals surface area (Å²) in [4.78, 5) is 3.81. The Bertz CT molecular complexity index is 614. The highest BCUT2D eigenvalue weighted by atomic mass is 35.5. The molecule has 6 heteroatoms. The van der Waals surface area contributed by atoms with E-state index in [0.29, 0.717) is 11.8 Å². The summed E-state index contributed by atoms with van der Waals surface area (Å²) in [6, 6.07) is 5.08. The van der Waals surface area contributed by atoms with E-state index in [4.69, 9.17) is 16.9 Å². The van der Waals surface area contributed by atoms with Gasteiger partial charge in [0.25, 0.3) is 0 Å². The highest BCUT2D eigenvalue weighted by molar-refractivity contribution is 6.33. The summed E-state index contributed by atoms with van der Waals surface area (Å²) in [7, 11) is 0. The van der Waals surface area contributed by atoms with E-state index in [1.165, 1.54) is 18.5 Å². The first-order valence-corrected chi connectivity index (χ1v) is 5.25. The van der Waals surface area contributed by atoms with Gasteiger partial charge < -0.3 is 5.32 Å². The van der Waals surface area contributed by atoms with Crippen molar-refractivity contribution in [1.29, 1.82) is 5.26 Å². The lowest BCUT2D eigenvalue weighted by Gasteiger charge is -2.10. The van der Waals surface area contributed by atoms with Crippen LogP contribution < -0.4 is 5.32 Å². The maximum absolute atomic E-state index is 13.5. The molecule has 0 spiro atoms. The van der Waals surface area contributed by atoms with Crippen LogP contribution in [0.1, 0.15) is 5.56 Å². The van der Waals surface area contributed by atoms with E-state index in [1.807, 2.05) is 6.07 Å². The second kappa shape index (κ2) is 4.98. The SMILES string of the molecule is N#Cc1ccncc1Nc1c(F)cc(F)cc1Cl. The average molecular weight is 266 g/mol. The number of halogens is 3. The van der Waals surface area contributed by atoms with Gasteiger partial charge in [-0.3, -0.25) is 4.98 Å². The third-order valence-corrected chi connectivity index (χ3v) is 2.51. The molecule has 0 unspecified atom stereocenters. The van der Waals surface area contributed by atoms with Crippen molar-refractivity contribution in [3.63, 3.8) is 0 Å². The van der Waals surface area contributed by atoms with Crippen molar-refractivity contribution >= 4 is 23.0 Å². The molecule has 2 rings (SSSR count). The largest absolute Gasteiger partial charge is 0.350 e. The van der Waals surface area contributed by atoms with Crippen LogP contribution in [0.5, 0.6) is 0 Å². The van der Waals surface area contributed by atoms with Crippen LogP contribution in [0.3, 0.4) is 0 Å². The van der Waals surface area contributed by atoms with E-state index in [1.54, 1.807) is 0 Å². The molecule has 1 aromatic heterocycles. The molecule has 0 aliphatic rings. The minimum absolute atomic E-state index is 0.0948. The second-order valence-corrected chi connectivity index (χ2v) is 3.81. The minimum atomic E-state index is -0.840. The van der Waals surface area contributed by atoms with Crippen LogP contribution in [0.2, 0.25) is 5.02 Å². The summed E-state index contributed by atoms with van der Waals surface area (Å²) >= 11 is 5.73. The first-order valence-electron chi connectivity index (χ1n) is 4.87. The van der Waals surface area contributed by atoms with E-state index in [9.17, 15) is 8.78 Å². The molecule has 1 N–H and O–H groups in total. The Balaban J connectivity index is 2.44. The molecule has 0 aliphatic heterocycles. The van der Waals surface area contributed by atoms with E-state index >= 15 is 0 Å². The van der Waals surface area contributed by atoms with Crippen LogP contribution in [-0.4, -0.2) is 4.98 Å². The van der Waals surface area contributed by atoms with E-state index in [2.05, 4.69) is 10.3 Å². The maximum atomic E-state index is 13.5. The fourth-order valence-corrected chi connectivity index (χ4v) is 1.63. The van der Waals surface area contributed by atoms with Gasteiger partial charge in [-0.2, -0.15) is 5.26 Å². The zero-order valence-electron chi connectivity index (χ0n) is 8.92. The first kappa shape index (κ1) is 12.3. The third kappa shape index (κ3) is 2.39. The Morgan fingerprint density at radius 1 is 1.33 bits per heavy atom. The van der Waals surface area contributed by atoms with Crippen molar-refractivity contribution < 1.29 is 8.78 Å². The molecule has 0 bridgehead atoms. The van der Waals surface area contributed by atoms with Gasteiger partial charge in [0, 0.05) is 12.3 Å². The molecule has 0 aliphatic carbocycles. The number of hydrogen-bond acceptors (Lipinski definition) is 3. The van der Waals surface area contributed by atoms with Crippen LogP contribution in [0.25, 0.3) is 0 Å². The molecule has 90 valence electrons. The smallest absolute Gasteiger partial charge is 0.151 e. The van der Waals surface area contributed by atoms with Crippen molar-refractivity contribution in [3.8, 4) is 6.07 Å². The number of anilines is 2. The van der Waals surface area contributed by atoms with Crippen molar-refractivity contribution in [2.75, 3.05) is 5.32 Å². The predicted molar refractivity (Wildman–Crippen MR) is 63.6 cm³/mol. The van der Waals surface area contributed by atoms with Gasteiger partial charge in [-0.25, -0.2) is 8.78 Å². The fraction of sp³-hybridized carbons (Fsp3) is 0. The van der Waals surface area contributed by atoms with Crippen LogP contribution in [0.4, 0.5) is 20.2 Å². The molecule has 1 heterocycles. The molecule has 0 amide bonds. The summed E-state index contributed by atoms with van der Waals surface area (Å²) < 4.78 is 26.4. The third-order valence-electron chi connectivity index (χ3n) is 2.21. The molecule has 0 radical (unpaired) electrons. The standard InChI is InChI=1S/C12H6ClF2N3/c13-9-3-8(14)4-10(15)12(9)18-11-6-17-2-1-7(11)5-16/h1-4,6,18H. The maximum Gasteiger partial charge on any atom is 0.151 e. The number of rotatable bonds is 2. The molecule has 3 nitrogen and oxygen atoms in total. The molecular weight excluding hydrogens is 260 g/mol. The lowest BCUT2D eigenvalue weighted by atomic mass is 10.2. The Labute approximate surface area is 107 Å². The van der Waals surface area contributed by atoms with Gasteiger partial charge >= 0.3 is 0 Å². The summed E-state index contributed by atoms with van der Waals surface area (Å²) in [6.07, 6.45) is 2.80. The molecule has 0 saturated carbocycles. The molecule has 18 heavy (non-hydrogen) atoms. The van der Waals surface area contributed by atoms with Gasteiger partial charge in [0.15, 0.2) is 5.82 Å². The normalized spacial score (nSPS) is 9.89. The fourth-order valence-electron chi connectivity index (χ4n) is 1.39. The summed E-state index contributed by atoms with van der Waals surface area (Å²) in [5, 5.41) is 11.4. The van der Waals surface area contributed by atoms with Crippen molar-refractivity contribution in [3.05, 3.63) is 52.8 Å². The second-order valence-electron chi connectivity index (χ2n) is 3.40. The number of benzene rings is 1. The van der Waals surface area contributed by atoms with E-state index in [-0.39, 0.29) is 16.3 Å². The quantitative estimate of drug-likeness (QED) is 0.902.